The second-order valence-electron chi connectivity index (χ2n) is 14.3. The third-order valence-electron chi connectivity index (χ3n) is 9.94. The topological polar surface area (TPSA) is 259 Å². The first-order chi connectivity index (χ1) is 30.2. The molecule has 21 heteroatoms. The van der Waals surface area contributed by atoms with Crippen LogP contribution in [-0.4, -0.2) is 96.4 Å². The summed E-state index contributed by atoms with van der Waals surface area (Å²) in [7, 11) is -5.18. The largest absolute Gasteiger partial charge is 0.497 e. The number of methoxy groups -OCH3 is 3. The van der Waals surface area contributed by atoms with Crippen LogP contribution in [0.1, 0.15) is 23.6 Å². The molecule has 0 aliphatic heterocycles. The lowest BCUT2D eigenvalue weighted by molar-refractivity contribution is 0.193. The number of fused-ring (bicyclic) bond motifs is 1. The monoisotopic (exact) mass is 896 g/mol. The molecule has 0 aliphatic rings. The van der Waals surface area contributed by atoms with Gasteiger partial charge in [0, 0.05) is 31.2 Å². The van der Waals surface area contributed by atoms with Crippen LogP contribution in [0.15, 0.2) is 113 Å². The van der Waals surface area contributed by atoms with E-state index in [1.165, 1.54) is 38.1 Å². The van der Waals surface area contributed by atoms with Crippen molar-refractivity contribution in [3.05, 3.63) is 120 Å². The van der Waals surface area contributed by atoms with Crippen LogP contribution < -0.4 is 30.0 Å². The normalized spacial score (nSPS) is 12.3. The van der Waals surface area contributed by atoms with Crippen LogP contribution in [0.4, 0.5) is 10.7 Å². The molecule has 2 heterocycles. The first kappa shape index (κ1) is 44.0. The van der Waals surface area contributed by atoms with Crippen molar-refractivity contribution >= 4 is 43.1 Å². The Labute approximate surface area is 362 Å². The minimum Gasteiger partial charge on any atom is -0.497 e. The van der Waals surface area contributed by atoms with E-state index in [1.807, 2.05) is 0 Å². The number of hydrogen-bond donors (Lipinski definition) is 5. The molecule has 63 heavy (non-hydrogen) atoms. The molecule has 7 aromatic rings. The van der Waals surface area contributed by atoms with E-state index < -0.39 is 42.0 Å². The molecule has 7 rings (SSSR count). The zero-order chi connectivity index (χ0) is 44.9. The van der Waals surface area contributed by atoms with Gasteiger partial charge < -0.3 is 35.4 Å². The van der Waals surface area contributed by atoms with Gasteiger partial charge in [-0.1, -0.05) is 54.6 Å². The number of benzene rings is 5. The van der Waals surface area contributed by atoms with Gasteiger partial charge >= 0.3 is 6.09 Å². The molecule has 6 N–H and O–H groups in total. The minimum absolute atomic E-state index is 0.0907. The van der Waals surface area contributed by atoms with Gasteiger partial charge in [-0.15, -0.1) is 10.2 Å². The van der Waals surface area contributed by atoms with Crippen LogP contribution in [0.3, 0.4) is 0 Å². The molecule has 0 spiro atoms. The molecule has 1 amide bonds. The molecule has 0 bridgehead atoms. The van der Waals surface area contributed by atoms with Crippen molar-refractivity contribution in [3.63, 3.8) is 0 Å². The van der Waals surface area contributed by atoms with Crippen molar-refractivity contribution < 1.29 is 40.9 Å². The van der Waals surface area contributed by atoms with Gasteiger partial charge in [0.25, 0.3) is 0 Å². The highest BCUT2D eigenvalue weighted by Gasteiger charge is 2.38. The summed E-state index contributed by atoms with van der Waals surface area (Å²) in [6, 6.07) is 27.5. The van der Waals surface area contributed by atoms with E-state index in [0.29, 0.717) is 45.0 Å². The molecule has 2 aromatic heterocycles. The number of aromatic amines is 1. The number of H-pyrrole nitrogens is 1. The molecule has 328 valence electrons. The summed E-state index contributed by atoms with van der Waals surface area (Å²) in [4.78, 5) is 18.8. The standard InChI is InChI=1S/C42H44N10O9S2/c1-26(22-44-42(53)54)49-62(55,56)36-21-20-33(34-6-5-7-35-38(34)46-41(43)45-35)37(40-47-50-52(48-40)25-29-12-18-32(61-4)19-13-29)39(36)63(57,58)51(23-27-8-14-30(59-2)15-9-27)24-28-10-16-31(60-3)17-11-28/h5-21,26,44,49H,22-25H2,1-4H3,(H,53,54)(H3,43,45,46)/t26-/m1/s1. The first-order valence-electron chi connectivity index (χ1n) is 19.3. The number of anilines is 1. The Hall–Kier alpha value is -7.07. The number of nitrogens with two attached hydrogens (primary N) is 1. The molecule has 0 saturated heterocycles. The van der Waals surface area contributed by atoms with E-state index >= 15 is 8.42 Å². The summed E-state index contributed by atoms with van der Waals surface area (Å²) in [5.41, 5.74) is 9.26. The number of imidazole rings is 1. The van der Waals surface area contributed by atoms with E-state index in [0.717, 1.165) is 9.87 Å². The number of amides is 1. The maximum Gasteiger partial charge on any atom is 0.404 e. The van der Waals surface area contributed by atoms with E-state index in [4.69, 9.17) is 19.9 Å². The maximum atomic E-state index is 15.9. The molecule has 5 aromatic carbocycles. The van der Waals surface area contributed by atoms with Crippen molar-refractivity contribution in [2.24, 2.45) is 0 Å². The van der Waals surface area contributed by atoms with Crippen molar-refractivity contribution in [3.8, 4) is 39.8 Å². The molecule has 0 unspecified atom stereocenters. The number of nitrogen functional groups attached to an aromatic ring is 1. The predicted octanol–water partition coefficient (Wildman–Crippen LogP) is 4.87. The number of hydrogen-bond acceptors (Lipinski definition) is 13. The summed E-state index contributed by atoms with van der Waals surface area (Å²) in [5.74, 6) is 1.59. The van der Waals surface area contributed by atoms with E-state index in [9.17, 15) is 18.3 Å². The predicted molar refractivity (Wildman–Crippen MR) is 233 cm³/mol. The second kappa shape index (κ2) is 18.5. The van der Waals surface area contributed by atoms with Crippen LogP contribution in [-0.2, 0) is 39.7 Å². The molecule has 0 aliphatic carbocycles. The number of nitrogens with one attached hydrogen (secondary N) is 3. The minimum atomic E-state index is -4.96. The fourth-order valence-corrected chi connectivity index (χ4v) is 10.5. The van der Waals surface area contributed by atoms with Crippen molar-refractivity contribution in [2.75, 3.05) is 33.6 Å². The van der Waals surface area contributed by atoms with Gasteiger partial charge in [0.15, 0.2) is 5.95 Å². The summed E-state index contributed by atoms with van der Waals surface area (Å²) in [6.07, 6.45) is -1.37. The number of tetrazole rings is 1. The zero-order valence-electron chi connectivity index (χ0n) is 34.5. The molecule has 0 saturated carbocycles. The Balaban J connectivity index is 1.50. The number of sulfonamides is 2. The van der Waals surface area contributed by atoms with Gasteiger partial charge in [-0.05, 0) is 82.9 Å². The maximum absolute atomic E-state index is 15.9. The molecular formula is C42H44N10O9S2. The number of carboxylic acid groups (broad SMARTS) is 1. The average Bonchev–Trinajstić information content (AvgIpc) is 3.91. The second-order valence-corrected chi connectivity index (χ2v) is 17.9. The highest BCUT2D eigenvalue weighted by atomic mass is 32.2. The number of rotatable bonds is 18. The fraction of sp³-hybridized carbons (Fsp3) is 0.214. The van der Waals surface area contributed by atoms with Gasteiger partial charge in [0.1, 0.15) is 27.0 Å². The number of nitrogens with zero attached hydrogens (tertiary/aromatic N) is 6. The van der Waals surface area contributed by atoms with Crippen LogP contribution in [0.2, 0.25) is 0 Å². The molecular weight excluding hydrogens is 853 g/mol. The Morgan fingerprint density at radius 2 is 1.38 bits per heavy atom. The van der Waals surface area contributed by atoms with Gasteiger partial charge in [0.2, 0.25) is 25.9 Å². The van der Waals surface area contributed by atoms with Gasteiger partial charge in [0.05, 0.1) is 44.5 Å². The molecule has 0 radical (unpaired) electrons. The van der Waals surface area contributed by atoms with Crippen LogP contribution in [0, 0.1) is 0 Å². The lowest BCUT2D eigenvalue weighted by atomic mass is 9.98. The summed E-state index contributed by atoms with van der Waals surface area (Å²) < 4.78 is 80.8. The Morgan fingerprint density at radius 3 is 1.94 bits per heavy atom. The number of aromatic nitrogens is 6. The highest BCUT2D eigenvalue weighted by Crippen LogP contribution is 2.43. The SMILES string of the molecule is COc1ccc(CN(Cc2ccc(OC)cc2)S(=O)(=O)c2c(S(=O)(=O)N[C@H](C)CNC(=O)O)ccc(-c3cccc4[nH]c(N)nc34)c2-c2nnn(Cc3ccc(OC)cc3)n2)cc1. The van der Waals surface area contributed by atoms with Gasteiger partial charge in [-0.25, -0.2) is 31.3 Å². The summed E-state index contributed by atoms with van der Waals surface area (Å²) in [5, 5.41) is 24.7. The fourth-order valence-electron chi connectivity index (χ4n) is 6.89. The lowest BCUT2D eigenvalue weighted by Crippen LogP contribution is -2.42. The number of carbonyl (C=O) groups is 1. The van der Waals surface area contributed by atoms with Gasteiger partial charge in [-0.3, -0.25) is 0 Å². The Bertz CT molecular complexity index is 2910. The van der Waals surface area contributed by atoms with Crippen molar-refractivity contribution in [1.82, 2.24) is 44.5 Å². The Kier molecular flexibility index (Phi) is 12.9. The smallest absolute Gasteiger partial charge is 0.404 e. The van der Waals surface area contributed by atoms with Crippen LogP contribution >= 0.6 is 0 Å². The average molecular weight is 897 g/mol. The lowest BCUT2D eigenvalue weighted by Gasteiger charge is -2.26. The number of para-hydroxylation sites is 1. The summed E-state index contributed by atoms with van der Waals surface area (Å²) in [6.45, 7) is 0.764. The molecule has 0 fully saturated rings. The Morgan fingerprint density at radius 1 is 0.810 bits per heavy atom. The third-order valence-corrected chi connectivity index (χ3v) is 13.6. The van der Waals surface area contributed by atoms with Crippen molar-refractivity contribution in [2.45, 2.75) is 42.4 Å². The van der Waals surface area contributed by atoms with Gasteiger partial charge in [-0.2, -0.15) is 9.10 Å². The number of ether oxygens (including phenoxy) is 3. The van der Waals surface area contributed by atoms with Crippen LogP contribution in [0.5, 0.6) is 17.2 Å². The molecule has 19 nitrogen and oxygen atoms in total. The van der Waals surface area contributed by atoms with Crippen LogP contribution in [0.25, 0.3) is 33.5 Å². The third kappa shape index (κ3) is 9.86. The van der Waals surface area contributed by atoms with Crippen molar-refractivity contribution in [1.29, 1.82) is 0 Å². The van der Waals surface area contributed by atoms with E-state index in [1.54, 1.807) is 98.1 Å². The van der Waals surface area contributed by atoms with E-state index in [-0.39, 0.29) is 49.1 Å². The zero-order valence-corrected chi connectivity index (χ0v) is 36.1. The highest BCUT2D eigenvalue weighted by molar-refractivity contribution is 7.92. The van der Waals surface area contributed by atoms with E-state index in [2.05, 4.69) is 35.4 Å². The molecule has 1 atom stereocenters. The first-order valence-corrected chi connectivity index (χ1v) is 22.2. The summed E-state index contributed by atoms with van der Waals surface area (Å²) >= 11 is 0. The quantitative estimate of drug-likeness (QED) is 0.0771.